The van der Waals surface area contributed by atoms with Gasteiger partial charge in [0.2, 0.25) is 5.95 Å². The van der Waals surface area contributed by atoms with E-state index in [9.17, 15) is 0 Å². The highest BCUT2D eigenvalue weighted by molar-refractivity contribution is 5.84. The van der Waals surface area contributed by atoms with Gasteiger partial charge >= 0.3 is 0 Å². The molecule has 0 saturated carbocycles. The molecule has 2 aromatic carbocycles. The van der Waals surface area contributed by atoms with Gasteiger partial charge in [0, 0.05) is 31.9 Å². The highest BCUT2D eigenvalue weighted by Crippen LogP contribution is 2.30. The van der Waals surface area contributed by atoms with Crippen LogP contribution in [0, 0.1) is 6.92 Å². The molecule has 7 heteroatoms. The van der Waals surface area contributed by atoms with Gasteiger partial charge in [0.15, 0.2) is 11.5 Å². The van der Waals surface area contributed by atoms with Crippen molar-refractivity contribution in [2.24, 2.45) is 0 Å². The van der Waals surface area contributed by atoms with E-state index in [1.54, 1.807) is 6.33 Å². The van der Waals surface area contributed by atoms with Crippen LogP contribution in [0.5, 0.6) is 0 Å². The zero-order chi connectivity index (χ0) is 19.8. The maximum absolute atomic E-state index is 5.95. The number of hydrogen-bond acceptors (Lipinski definition) is 6. The fourth-order valence-electron chi connectivity index (χ4n) is 3.92. The van der Waals surface area contributed by atoms with Crippen LogP contribution in [-0.2, 0) is 13.1 Å². The number of para-hydroxylation sites is 1. The number of nitrogens with one attached hydrogen (secondary N) is 1. The van der Waals surface area contributed by atoms with E-state index in [1.807, 2.05) is 0 Å². The molecule has 1 aliphatic rings. The number of aromatic amines is 1. The number of rotatable bonds is 3. The van der Waals surface area contributed by atoms with Crippen LogP contribution in [0.3, 0.4) is 0 Å². The molecule has 0 spiro atoms. The van der Waals surface area contributed by atoms with Crippen molar-refractivity contribution in [2.45, 2.75) is 20.0 Å². The fourth-order valence-corrected chi connectivity index (χ4v) is 3.92. The van der Waals surface area contributed by atoms with Crippen molar-refractivity contribution < 1.29 is 0 Å². The van der Waals surface area contributed by atoms with Crippen molar-refractivity contribution in [3.8, 4) is 0 Å². The Kier molecular flexibility index (Phi) is 4.27. The van der Waals surface area contributed by atoms with E-state index in [-0.39, 0.29) is 5.95 Å². The molecule has 0 saturated heterocycles. The van der Waals surface area contributed by atoms with Crippen LogP contribution in [0.25, 0.3) is 11.2 Å². The number of nitrogens with zero attached hydrogens (tertiary/aromatic N) is 5. The first-order valence-electron chi connectivity index (χ1n) is 9.77. The van der Waals surface area contributed by atoms with Crippen molar-refractivity contribution in [1.29, 1.82) is 0 Å². The Hall–Kier alpha value is -3.61. The van der Waals surface area contributed by atoms with Crippen molar-refractivity contribution >= 4 is 28.6 Å². The third kappa shape index (κ3) is 3.35. The number of aromatic nitrogens is 4. The summed E-state index contributed by atoms with van der Waals surface area (Å²) in [7, 11) is 0. The molecule has 4 aromatic rings. The molecule has 0 fully saturated rings. The van der Waals surface area contributed by atoms with Gasteiger partial charge in [-0.1, -0.05) is 48.0 Å². The van der Waals surface area contributed by atoms with Crippen LogP contribution in [0.1, 0.15) is 16.7 Å². The molecule has 3 heterocycles. The second kappa shape index (κ2) is 7.09. The summed E-state index contributed by atoms with van der Waals surface area (Å²) in [6, 6.07) is 17.3. The molecule has 1 aliphatic heterocycles. The zero-order valence-electron chi connectivity index (χ0n) is 16.3. The number of aryl methyl sites for hydroxylation is 1. The van der Waals surface area contributed by atoms with Gasteiger partial charge in [0.1, 0.15) is 5.52 Å². The Morgan fingerprint density at radius 1 is 1.03 bits per heavy atom. The number of H-pyrrole nitrogens is 1. The Morgan fingerprint density at radius 2 is 1.86 bits per heavy atom. The van der Waals surface area contributed by atoms with Crippen molar-refractivity contribution in [1.82, 2.24) is 19.9 Å². The van der Waals surface area contributed by atoms with Crippen LogP contribution in [0.4, 0.5) is 17.5 Å². The molecular formula is C22H23N7. The first-order valence-corrected chi connectivity index (χ1v) is 9.77. The molecule has 0 unspecified atom stereocenters. The minimum atomic E-state index is 0.244. The third-order valence-corrected chi connectivity index (χ3v) is 5.41. The number of imidazole rings is 1. The number of nitrogens with two attached hydrogens (primary N) is 1. The van der Waals surface area contributed by atoms with Crippen LogP contribution >= 0.6 is 0 Å². The zero-order valence-corrected chi connectivity index (χ0v) is 16.3. The predicted octanol–water partition coefficient (Wildman–Crippen LogP) is 3.27. The van der Waals surface area contributed by atoms with Gasteiger partial charge in [0.25, 0.3) is 0 Å². The fraction of sp³-hybridized carbons (Fsp3) is 0.227. The molecule has 5 rings (SSSR count). The lowest BCUT2D eigenvalue weighted by molar-refractivity contribution is 0.751. The summed E-state index contributed by atoms with van der Waals surface area (Å²) in [5.41, 5.74) is 12.5. The lowest BCUT2D eigenvalue weighted by atomic mass is 10.1. The van der Waals surface area contributed by atoms with E-state index in [2.05, 4.69) is 85.2 Å². The van der Waals surface area contributed by atoms with Gasteiger partial charge in [0.05, 0.1) is 6.33 Å². The molecule has 2 aromatic heterocycles. The summed E-state index contributed by atoms with van der Waals surface area (Å²) in [6.45, 7) is 5.45. The smallest absolute Gasteiger partial charge is 0.224 e. The topological polar surface area (TPSA) is 87.0 Å². The number of benzene rings is 2. The molecule has 146 valence electrons. The minimum Gasteiger partial charge on any atom is -0.368 e. The summed E-state index contributed by atoms with van der Waals surface area (Å²) >= 11 is 0. The lowest BCUT2D eigenvalue weighted by Crippen LogP contribution is -2.32. The maximum Gasteiger partial charge on any atom is 0.224 e. The van der Waals surface area contributed by atoms with E-state index in [1.165, 1.54) is 22.4 Å². The summed E-state index contributed by atoms with van der Waals surface area (Å²) in [6.07, 6.45) is 1.64. The van der Waals surface area contributed by atoms with Crippen LogP contribution in [-0.4, -0.2) is 33.0 Å². The molecule has 0 aliphatic carbocycles. The van der Waals surface area contributed by atoms with E-state index >= 15 is 0 Å². The first kappa shape index (κ1) is 17.5. The number of fused-ring (bicyclic) bond motifs is 2. The number of anilines is 3. The number of hydrogen-bond donors (Lipinski definition) is 2. The Balaban J connectivity index is 1.50. The highest BCUT2D eigenvalue weighted by Gasteiger charge is 2.23. The number of nitrogen functional groups attached to an aromatic ring is 1. The largest absolute Gasteiger partial charge is 0.368 e. The maximum atomic E-state index is 5.95. The molecule has 0 radical (unpaired) electrons. The Labute approximate surface area is 169 Å². The van der Waals surface area contributed by atoms with Crippen molar-refractivity contribution in [2.75, 3.05) is 28.6 Å². The average Bonchev–Trinajstić information content (AvgIpc) is 3.12. The highest BCUT2D eigenvalue weighted by atomic mass is 15.3. The van der Waals surface area contributed by atoms with Gasteiger partial charge in [-0.2, -0.15) is 9.97 Å². The summed E-state index contributed by atoms with van der Waals surface area (Å²) in [4.78, 5) is 20.9. The summed E-state index contributed by atoms with van der Waals surface area (Å²) in [5.74, 6) is 1.05. The molecule has 7 nitrogen and oxygen atoms in total. The normalized spacial score (nSPS) is 14.1. The van der Waals surface area contributed by atoms with E-state index in [4.69, 9.17) is 5.73 Å². The molecule has 3 N–H and O–H groups in total. The molecule has 0 bridgehead atoms. The van der Waals surface area contributed by atoms with Crippen LogP contribution in [0.2, 0.25) is 0 Å². The van der Waals surface area contributed by atoms with Gasteiger partial charge in [-0.15, -0.1) is 0 Å². The molecule has 29 heavy (non-hydrogen) atoms. The van der Waals surface area contributed by atoms with Gasteiger partial charge in [-0.25, -0.2) is 4.98 Å². The first-order chi connectivity index (χ1) is 14.2. The summed E-state index contributed by atoms with van der Waals surface area (Å²) < 4.78 is 0. The Bertz CT molecular complexity index is 1150. The third-order valence-electron chi connectivity index (χ3n) is 5.41. The standard InChI is InChI=1S/C22H23N7/c1-15-6-8-16(9-7-15)12-28-10-11-29(13-17-4-2-3-5-18(17)28)21-19-20(25-14-24-19)26-22(23)27-21/h2-9,14H,10-13H2,1H3,(H3,23,24,25,26,27). The monoisotopic (exact) mass is 385 g/mol. The van der Waals surface area contributed by atoms with Crippen molar-refractivity contribution in [3.63, 3.8) is 0 Å². The molecule has 0 atom stereocenters. The second-order valence-electron chi connectivity index (χ2n) is 7.46. The SMILES string of the molecule is Cc1ccc(CN2CCN(c3nc(N)nc4nc[nH]c34)Cc3ccccc32)cc1. The quantitative estimate of drug-likeness (QED) is 0.563. The van der Waals surface area contributed by atoms with Gasteiger partial charge in [-0.3, -0.25) is 0 Å². The lowest BCUT2D eigenvalue weighted by Gasteiger charge is -2.25. The van der Waals surface area contributed by atoms with E-state index in [0.29, 0.717) is 5.65 Å². The Morgan fingerprint density at radius 3 is 2.72 bits per heavy atom. The van der Waals surface area contributed by atoms with Gasteiger partial charge in [-0.05, 0) is 24.1 Å². The van der Waals surface area contributed by atoms with Crippen LogP contribution < -0.4 is 15.5 Å². The summed E-state index contributed by atoms with van der Waals surface area (Å²) in [5, 5.41) is 0. The van der Waals surface area contributed by atoms with Crippen LogP contribution in [0.15, 0.2) is 54.9 Å². The van der Waals surface area contributed by atoms with E-state index in [0.717, 1.165) is 37.5 Å². The predicted molar refractivity (Wildman–Crippen MR) is 116 cm³/mol. The average molecular weight is 385 g/mol. The molecular weight excluding hydrogens is 362 g/mol. The van der Waals surface area contributed by atoms with E-state index < -0.39 is 0 Å². The molecule has 0 amide bonds. The van der Waals surface area contributed by atoms with Crippen molar-refractivity contribution in [3.05, 3.63) is 71.5 Å². The second-order valence-corrected chi connectivity index (χ2v) is 7.46. The van der Waals surface area contributed by atoms with Gasteiger partial charge < -0.3 is 20.5 Å². The minimum absolute atomic E-state index is 0.244.